The third-order valence-corrected chi connectivity index (χ3v) is 3.70. The van der Waals surface area contributed by atoms with Gasteiger partial charge in [0.25, 0.3) is 0 Å². The van der Waals surface area contributed by atoms with Crippen LogP contribution in [0.3, 0.4) is 0 Å². The quantitative estimate of drug-likeness (QED) is 0.830. The summed E-state index contributed by atoms with van der Waals surface area (Å²) in [5, 5.41) is 11.7. The molecule has 1 saturated carbocycles. The van der Waals surface area contributed by atoms with Crippen LogP contribution in [0.1, 0.15) is 44.1 Å². The van der Waals surface area contributed by atoms with E-state index in [1.807, 2.05) is 24.3 Å². The predicted octanol–water partition coefficient (Wildman–Crippen LogP) is 2.94. The van der Waals surface area contributed by atoms with E-state index in [1.165, 1.54) is 32.1 Å². The normalized spacial score (nSPS) is 15.2. The number of nitrogens with one attached hydrogen (secondary N) is 1. The van der Waals surface area contributed by atoms with Crippen molar-refractivity contribution in [3.05, 3.63) is 29.8 Å². The van der Waals surface area contributed by atoms with Gasteiger partial charge in [-0.05, 0) is 30.9 Å². The lowest BCUT2D eigenvalue weighted by Crippen LogP contribution is -2.18. The molecule has 0 heterocycles. The van der Waals surface area contributed by atoms with Gasteiger partial charge in [0, 0.05) is 12.0 Å². The molecular formula is C17H21NO2. The van der Waals surface area contributed by atoms with E-state index in [4.69, 9.17) is 5.11 Å². The fourth-order valence-electron chi connectivity index (χ4n) is 2.69. The van der Waals surface area contributed by atoms with Gasteiger partial charge in [-0.1, -0.05) is 43.2 Å². The maximum Gasteiger partial charge on any atom is 0.224 e. The Morgan fingerprint density at radius 3 is 2.75 bits per heavy atom. The number of benzene rings is 1. The topological polar surface area (TPSA) is 49.3 Å². The van der Waals surface area contributed by atoms with E-state index in [0.29, 0.717) is 12.3 Å². The molecule has 0 bridgehead atoms. The van der Waals surface area contributed by atoms with E-state index in [9.17, 15) is 4.79 Å². The van der Waals surface area contributed by atoms with Crippen molar-refractivity contribution >= 4 is 11.6 Å². The molecule has 0 aliphatic heterocycles. The van der Waals surface area contributed by atoms with Crippen LogP contribution in [0.2, 0.25) is 0 Å². The van der Waals surface area contributed by atoms with Crippen molar-refractivity contribution in [2.24, 2.45) is 5.92 Å². The molecule has 1 aromatic carbocycles. The summed E-state index contributed by atoms with van der Waals surface area (Å²) in [4.78, 5) is 12.1. The van der Waals surface area contributed by atoms with Gasteiger partial charge >= 0.3 is 0 Å². The van der Waals surface area contributed by atoms with Crippen LogP contribution < -0.4 is 5.32 Å². The number of hydrogen-bond donors (Lipinski definition) is 2. The highest BCUT2D eigenvalue weighted by atomic mass is 16.2. The van der Waals surface area contributed by atoms with Crippen molar-refractivity contribution in [2.75, 3.05) is 11.9 Å². The number of amides is 1. The van der Waals surface area contributed by atoms with E-state index in [-0.39, 0.29) is 12.5 Å². The Hall–Kier alpha value is -1.79. The average molecular weight is 271 g/mol. The first-order valence-corrected chi connectivity index (χ1v) is 7.28. The van der Waals surface area contributed by atoms with Crippen LogP contribution in [0.4, 0.5) is 5.69 Å². The smallest absolute Gasteiger partial charge is 0.224 e. The second-order valence-corrected chi connectivity index (χ2v) is 5.26. The molecule has 2 N–H and O–H groups in total. The van der Waals surface area contributed by atoms with Crippen molar-refractivity contribution in [1.29, 1.82) is 0 Å². The van der Waals surface area contributed by atoms with Crippen LogP contribution >= 0.6 is 0 Å². The fraction of sp³-hybridized carbons (Fsp3) is 0.471. The summed E-state index contributed by atoms with van der Waals surface area (Å²) in [6.45, 7) is -0.176. The molecule has 106 valence electrons. The zero-order valence-electron chi connectivity index (χ0n) is 11.7. The third-order valence-electron chi connectivity index (χ3n) is 3.70. The van der Waals surface area contributed by atoms with Gasteiger partial charge in [-0.15, -0.1) is 0 Å². The molecule has 0 radical (unpaired) electrons. The average Bonchev–Trinajstić information content (AvgIpc) is 2.47. The van der Waals surface area contributed by atoms with E-state index in [1.54, 1.807) is 0 Å². The Morgan fingerprint density at radius 2 is 2.00 bits per heavy atom. The van der Waals surface area contributed by atoms with E-state index < -0.39 is 0 Å². The molecule has 20 heavy (non-hydrogen) atoms. The fourth-order valence-corrected chi connectivity index (χ4v) is 2.69. The number of aliphatic hydroxyl groups is 1. The molecule has 1 aromatic rings. The highest BCUT2D eigenvalue weighted by Crippen LogP contribution is 2.26. The largest absolute Gasteiger partial charge is 0.384 e. The van der Waals surface area contributed by atoms with E-state index >= 15 is 0 Å². The van der Waals surface area contributed by atoms with Gasteiger partial charge in [0.05, 0.1) is 5.69 Å². The van der Waals surface area contributed by atoms with Crippen LogP contribution in [-0.2, 0) is 4.79 Å². The first kappa shape index (κ1) is 14.6. The molecular weight excluding hydrogens is 250 g/mol. The SMILES string of the molecule is O=C(CC1CCCCC1)Nc1ccccc1C#CCO. The van der Waals surface area contributed by atoms with Gasteiger partial charge in [0.2, 0.25) is 5.91 Å². The molecule has 2 rings (SSSR count). The summed E-state index contributed by atoms with van der Waals surface area (Å²) < 4.78 is 0. The Morgan fingerprint density at radius 1 is 1.25 bits per heavy atom. The van der Waals surface area contributed by atoms with Gasteiger partial charge in [0.15, 0.2) is 0 Å². The number of rotatable bonds is 3. The lowest BCUT2D eigenvalue weighted by Gasteiger charge is -2.21. The minimum atomic E-state index is -0.176. The Labute approximate surface area is 120 Å². The number of carbonyl (C=O) groups is 1. The number of anilines is 1. The summed E-state index contributed by atoms with van der Waals surface area (Å²) in [5.41, 5.74) is 1.48. The lowest BCUT2D eigenvalue weighted by molar-refractivity contribution is -0.117. The van der Waals surface area contributed by atoms with Crippen LogP contribution in [0, 0.1) is 17.8 Å². The zero-order chi connectivity index (χ0) is 14.2. The monoisotopic (exact) mass is 271 g/mol. The van der Waals surface area contributed by atoms with Gasteiger partial charge < -0.3 is 10.4 Å². The first-order valence-electron chi connectivity index (χ1n) is 7.28. The number of para-hydroxylation sites is 1. The van der Waals surface area contributed by atoms with Gasteiger partial charge in [-0.25, -0.2) is 0 Å². The maximum atomic E-state index is 12.1. The standard InChI is InChI=1S/C17H21NO2/c19-12-6-10-15-9-4-5-11-16(15)18-17(20)13-14-7-2-1-3-8-14/h4-5,9,11,14,19H,1-3,7-8,12-13H2,(H,18,20). The highest BCUT2D eigenvalue weighted by molar-refractivity contribution is 5.92. The number of hydrogen-bond acceptors (Lipinski definition) is 2. The highest BCUT2D eigenvalue weighted by Gasteiger charge is 2.17. The molecule has 0 aromatic heterocycles. The van der Waals surface area contributed by atoms with Crippen molar-refractivity contribution in [2.45, 2.75) is 38.5 Å². The van der Waals surface area contributed by atoms with Gasteiger partial charge in [-0.3, -0.25) is 4.79 Å². The summed E-state index contributed by atoms with van der Waals surface area (Å²) in [7, 11) is 0. The minimum Gasteiger partial charge on any atom is -0.384 e. The first-order chi connectivity index (χ1) is 9.79. The second kappa shape index (κ2) is 7.72. The Bertz CT molecular complexity index is 507. The van der Waals surface area contributed by atoms with Crippen molar-refractivity contribution in [3.8, 4) is 11.8 Å². The molecule has 3 heteroatoms. The molecule has 1 aliphatic carbocycles. The molecule has 0 saturated heterocycles. The second-order valence-electron chi connectivity index (χ2n) is 5.26. The predicted molar refractivity (Wildman–Crippen MR) is 80.2 cm³/mol. The van der Waals surface area contributed by atoms with Crippen molar-refractivity contribution in [3.63, 3.8) is 0 Å². The Kier molecular flexibility index (Phi) is 5.64. The summed E-state index contributed by atoms with van der Waals surface area (Å²) in [5.74, 6) is 6.06. The molecule has 0 spiro atoms. The number of carbonyl (C=O) groups excluding carboxylic acids is 1. The van der Waals surface area contributed by atoms with Gasteiger partial charge in [-0.2, -0.15) is 0 Å². The molecule has 0 unspecified atom stereocenters. The van der Waals surface area contributed by atoms with E-state index in [2.05, 4.69) is 17.2 Å². The summed E-state index contributed by atoms with van der Waals surface area (Å²) >= 11 is 0. The Balaban J connectivity index is 1.96. The van der Waals surface area contributed by atoms with Crippen LogP contribution in [0.15, 0.2) is 24.3 Å². The van der Waals surface area contributed by atoms with Crippen molar-refractivity contribution in [1.82, 2.24) is 0 Å². The summed E-state index contributed by atoms with van der Waals surface area (Å²) in [6, 6.07) is 7.44. The molecule has 1 aliphatic rings. The minimum absolute atomic E-state index is 0.0650. The molecule has 3 nitrogen and oxygen atoms in total. The maximum absolute atomic E-state index is 12.1. The lowest BCUT2D eigenvalue weighted by atomic mass is 9.87. The van der Waals surface area contributed by atoms with Crippen molar-refractivity contribution < 1.29 is 9.90 Å². The third kappa shape index (κ3) is 4.40. The molecule has 0 atom stereocenters. The van der Waals surface area contributed by atoms with Gasteiger partial charge in [0.1, 0.15) is 6.61 Å². The molecule has 1 amide bonds. The zero-order valence-corrected chi connectivity index (χ0v) is 11.7. The van der Waals surface area contributed by atoms with E-state index in [0.717, 1.165) is 11.3 Å². The van der Waals surface area contributed by atoms with Crippen LogP contribution in [-0.4, -0.2) is 17.6 Å². The number of aliphatic hydroxyl groups excluding tert-OH is 1. The summed E-state index contributed by atoms with van der Waals surface area (Å²) in [6.07, 6.45) is 6.73. The van der Waals surface area contributed by atoms with Crippen LogP contribution in [0.5, 0.6) is 0 Å². The van der Waals surface area contributed by atoms with Crippen LogP contribution in [0.25, 0.3) is 0 Å². The molecule has 1 fully saturated rings.